The lowest BCUT2D eigenvalue weighted by molar-refractivity contribution is 0.0379. The van der Waals surface area contributed by atoms with Gasteiger partial charge in [-0.3, -0.25) is 9.69 Å². The van der Waals surface area contributed by atoms with E-state index in [2.05, 4.69) is 18.7 Å². The molecule has 1 aliphatic heterocycles. The number of piperazine rings is 1. The summed E-state index contributed by atoms with van der Waals surface area (Å²) in [5, 5.41) is 19.1. The highest BCUT2D eigenvalue weighted by atomic mass is 19.1. The molecule has 1 aromatic rings. The van der Waals surface area contributed by atoms with Crippen molar-refractivity contribution in [1.82, 2.24) is 9.80 Å². The van der Waals surface area contributed by atoms with E-state index in [4.69, 9.17) is 0 Å². The van der Waals surface area contributed by atoms with Gasteiger partial charge >= 0.3 is 0 Å². The summed E-state index contributed by atoms with van der Waals surface area (Å²) in [4.78, 5) is 16.4. The zero-order valence-electron chi connectivity index (χ0n) is 13.7. The number of phenolic OH excluding ortho intramolecular Hbond substituents is 1. The fourth-order valence-corrected chi connectivity index (χ4v) is 3.09. The topological polar surface area (TPSA) is 64.0 Å². The van der Waals surface area contributed by atoms with Gasteiger partial charge in [-0.05, 0) is 24.5 Å². The molecule has 23 heavy (non-hydrogen) atoms. The normalized spacial score (nSPS) is 19.3. The van der Waals surface area contributed by atoms with Crippen molar-refractivity contribution in [1.29, 1.82) is 0 Å². The van der Waals surface area contributed by atoms with Crippen molar-refractivity contribution in [2.75, 3.05) is 32.8 Å². The predicted octanol–water partition coefficient (Wildman–Crippen LogP) is 1.70. The fourth-order valence-electron chi connectivity index (χ4n) is 3.09. The van der Waals surface area contributed by atoms with E-state index in [1.807, 2.05) is 0 Å². The van der Waals surface area contributed by atoms with Crippen LogP contribution in [0.15, 0.2) is 18.2 Å². The molecule has 0 saturated carbocycles. The third-order valence-electron chi connectivity index (χ3n) is 4.16. The van der Waals surface area contributed by atoms with Crippen LogP contribution in [0.5, 0.6) is 5.75 Å². The van der Waals surface area contributed by atoms with Crippen molar-refractivity contribution in [2.24, 2.45) is 5.92 Å². The van der Waals surface area contributed by atoms with Crippen LogP contribution in [0.1, 0.15) is 30.6 Å². The number of aliphatic hydroxyl groups is 1. The molecule has 2 rings (SSSR count). The van der Waals surface area contributed by atoms with Gasteiger partial charge in [-0.2, -0.15) is 0 Å². The molecular weight excluding hydrogens is 299 g/mol. The van der Waals surface area contributed by atoms with Crippen LogP contribution in [0.4, 0.5) is 4.39 Å². The maximum atomic E-state index is 13.9. The monoisotopic (exact) mass is 324 g/mol. The Morgan fingerprint density at radius 2 is 2.13 bits per heavy atom. The summed E-state index contributed by atoms with van der Waals surface area (Å²) in [6, 6.07) is 3.91. The van der Waals surface area contributed by atoms with Gasteiger partial charge < -0.3 is 15.1 Å². The minimum Gasteiger partial charge on any atom is -0.507 e. The van der Waals surface area contributed by atoms with Crippen molar-refractivity contribution in [3.8, 4) is 5.75 Å². The number of amides is 1. The molecule has 1 aromatic carbocycles. The Hall–Kier alpha value is -1.66. The molecule has 0 radical (unpaired) electrons. The predicted molar refractivity (Wildman–Crippen MR) is 85.9 cm³/mol. The Labute approximate surface area is 136 Å². The first-order chi connectivity index (χ1) is 10.9. The molecule has 0 aromatic heterocycles. The lowest BCUT2D eigenvalue weighted by Gasteiger charge is -2.42. The summed E-state index contributed by atoms with van der Waals surface area (Å²) >= 11 is 0. The second-order valence-corrected chi connectivity index (χ2v) is 6.44. The fraction of sp³-hybridized carbons (Fsp3) is 0.588. The molecule has 0 aliphatic carbocycles. The van der Waals surface area contributed by atoms with Gasteiger partial charge in [0.15, 0.2) is 0 Å². The molecule has 128 valence electrons. The largest absolute Gasteiger partial charge is 0.507 e. The molecule has 0 spiro atoms. The minimum atomic E-state index is -0.710. The van der Waals surface area contributed by atoms with E-state index in [0.29, 0.717) is 32.0 Å². The van der Waals surface area contributed by atoms with E-state index in [-0.39, 0.29) is 24.0 Å². The zero-order chi connectivity index (χ0) is 17.0. The van der Waals surface area contributed by atoms with E-state index in [9.17, 15) is 19.4 Å². The summed E-state index contributed by atoms with van der Waals surface area (Å²) in [5.74, 6) is -1.04. The summed E-state index contributed by atoms with van der Waals surface area (Å²) in [6.07, 6.45) is 0.569. The van der Waals surface area contributed by atoms with Gasteiger partial charge in [0, 0.05) is 38.8 Å². The molecule has 1 aliphatic rings. The van der Waals surface area contributed by atoms with Crippen LogP contribution < -0.4 is 0 Å². The molecule has 1 amide bonds. The first-order valence-electron chi connectivity index (χ1n) is 8.05. The average Bonchev–Trinajstić information content (AvgIpc) is 2.48. The van der Waals surface area contributed by atoms with Gasteiger partial charge in [0.05, 0.1) is 0 Å². The number of rotatable bonds is 5. The van der Waals surface area contributed by atoms with Gasteiger partial charge in [-0.15, -0.1) is 0 Å². The van der Waals surface area contributed by atoms with Crippen LogP contribution in [0.2, 0.25) is 0 Å². The number of halogens is 1. The number of carbonyl (C=O) groups excluding carboxylic acids is 1. The van der Waals surface area contributed by atoms with Crippen molar-refractivity contribution >= 4 is 5.91 Å². The Morgan fingerprint density at radius 3 is 2.74 bits per heavy atom. The zero-order valence-corrected chi connectivity index (χ0v) is 13.7. The number of phenols is 1. The molecule has 0 bridgehead atoms. The number of aromatic hydroxyl groups is 1. The number of hydrogen-bond acceptors (Lipinski definition) is 4. The van der Waals surface area contributed by atoms with Crippen LogP contribution in [0, 0.1) is 11.7 Å². The Kier molecular flexibility index (Phi) is 5.96. The first-order valence-corrected chi connectivity index (χ1v) is 8.05. The average molecular weight is 324 g/mol. The summed E-state index contributed by atoms with van der Waals surface area (Å²) < 4.78 is 13.9. The van der Waals surface area contributed by atoms with Crippen molar-refractivity contribution in [2.45, 2.75) is 26.3 Å². The molecule has 1 fully saturated rings. The van der Waals surface area contributed by atoms with Crippen LogP contribution in [-0.2, 0) is 0 Å². The van der Waals surface area contributed by atoms with Crippen LogP contribution in [0.25, 0.3) is 0 Å². The molecule has 2 N–H and O–H groups in total. The summed E-state index contributed by atoms with van der Waals surface area (Å²) in [7, 11) is 0. The Morgan fingerprint density at radius 1 is 1.39 bits per heavy atom. The lowest BCUT2D eigenvalue weighted by atomic mass is 10.0. The van der Waals surface area contributed by atoms with E-state index in [0.717, 1.165) is 6.54 Å². The van der Waals surface area contributed by atoms with Gasteiger partial charge in [0.25, 0.3) is 5.91 Å². The van der Waals surface area contributed by atoms with Crippen molar-refractivity contribution in [3.05, 3.63) is 29.6 Å². The highest BCUT2D eigenvalue weighted by Gasteiger charge is 2.31. The Bertz CT molecular complexity index is 530. The van der Waals surface area contributed by atoms with E-state index in [1.54, 1.807) is 4.90 Å². The van der Waals surface area contributed by atoms with Gasteiger partial charge in [-0.1, -0.05) is 19.9 Å². The van der Waals surface area contributed by atoms with E-state index >= 15 is 0 Å². The molecule has 1 heterocycles. The summed E-state index contributed by atoms with van der Waals surface area (Å²) in [5.41, 5.74) is -0.271. The smallest absolute Gasteiger partial charge is 0.260 e. The van der Waals surface area contributed by atoms with Crippen LogP contribution >= 0.6 is 0 Å². The number of benzene rings is 1. The molecule has 1 saturated heterocycles. The molecule has 1 unspecified atom stereocenters. The SMILES string of the molecule is CC(C)CN1CCN(C(=O)c2c(O)cccc2F)CC1CCO. The first kappa shape index (κ1) is 17.7. The number of aliphatic hydroxyl groups excluding tert-OH is 1. The quantitative estimate of drug-likeness (QED) is 0.865. The van der Waals surface area contributed by atoms with Gasteiger partial charge in [0.1, 0.15) is 17.1 Å². The second-order valence-electron chi connectivity index (χ2n) is 6.44. The van der Waals surface area contributed by atoms with Gasteiger partial charge in [0.2, 0.25) is 0 Å². The third kappa shape index (κ3) is 4.20. The second kappa shape index (κ2) is 7.75. The number of carbonyl (C=O) groups is 1. The highest BCUT2D eigenvalue weighted by Crippen LogP contribution is 2.24. The molecule has 6 heteroatoms. The highest BCUT2D eigenvalue weighted by molar-refractivity contribution is 5.97. The lowest BCUT2D eigenvalue weighted by Crippen LogP contribution is -2.55. The van der Waals surface area contributed by atoms with Gasteiger partial charge in [-0.25, -0.2) is 4.39 Å². The van der Waals surface area contributed by atoms with Crippen LogP contribution in [-0.4, -0.2) is 64.7 Å². The third-order valence-corrected chi connectivity index (χ3v) is 4.16. The van der Waals surface area contributed by atoms with Crippen LogP contribution in [0.3, 0.4) is 0 Å². The maximum absolute atomic E-state index is 13.9. The molecule has 1 atom stereocenters. The number of hydrogen-bond donors (Lipinski definition) is 2. The van der Waals surface area contributed by atoms with E-state index in [1.165, 1.54) is 18.2 Å². The number of nitrogens with zero attached hydrogens (tertiary/aromatic N) is 2. The van der Waals surface area contributed by atoms with E-state index < -0.39 is 11.7 Å². The van der Waals surface area contributed by atoms with Crippen molar-refractivity contribution < 1.29 is 19.4 Å². The summed E-state index contributed by atoms with van der Waals surface area (Å²) in [6.45, 7) is 6.81. The maximum Gasteiger partial charge on any atom is 0.260 e. The minimum absolute atomic E-state index is 0.0479. The van der Waals surface area contributed by atoms with Crippen molar-refractivity contribution in [3.63, 3.8) is 0 Å². The Balaban J connectivity index is 2.14. The molecular formula is C17H25FN2O3. The standard InChI is InChI=1S/C17H25FN2O3/c1-12(2)10-19-7-8-20(11-13(19)6-9-21)17(23)16-14(18)4-3-5-15(16)22/h3-5,12-13,21-22H,6-11H2,1-2H3. The molecule has 5 nitrogen and oxygen atoms in total.